The maximum absolute atomic E-state index is 4.57. The van der Waals surface area contributed by atoms with Gasteiger partial charge in [-0.25, -0.2) is 0 Å². The Kier molecular flexibility index (Phi) is 6.54. The smallest absolute Gasteiger partial charge is 0.0706 e. The molecule has 0 aliphatic carbocycles. The van der Waals surface area contributed by atoms with Gasteiger partial charge in [-0.15, -0.1) is 0 Å². The van der Waals surface area contributed by atoms with Crippen molar-refractivity contribution in [1.29, 1.82) is 0 Å². The van der Waals surface area contributed by atoms with E-state index < -0.39 is 0 Å². The standard InChI is InChI=1S/C24H28N2/c1-19-16-24(26-18-20(19)2)22-14-15-25-23(17-22)13-9-4-3-6-10-21-11-7-5-8-12-21/h5,7-8,11-12,14-18H,3-4,6,9-10,13H2,1-2H3. The van der Waals surface area contributed by atoms with Gasteiger partial charge in [0.1, 0.15) is 0 Å². The Bertz CT molecular complexity index is 825. The zero-order valence-electron chi connectivity index (χ0n) is 15.9. The fraction of sp³-hybridized carbons (Fsp3) is 0.333. The van der Waals surface area contributed by atoms with Gasteiger partial charge in [-0.2, -0.15) is 0 Å². The van der Waals surface area contributed by atoms with E-state index in [0.29, 0.717) is 0 Å². The van der Waals surface area contributed by atoms with E-state index in [1.807, 2.05) is 12.4 Å². The van der Waals surface area contributed by atoms with Crippen LogP contribution in [0.15, 0.2) is 60.9 Å². The fourth-order valence-electron chi connectivity index (χ4n) is 3.19. The highest BCUT2D eigenvalue weighted by Crippen LogP contribution is 2.20. The lowest BCUT2D eigenvalue weighted by molar-refractivity contribution is 0.636. The van der Waals surface area contributed by atoms with Crippen molar-refractivity contribution in [1.82, 2.24) is 9.97 Å². The van der Waals surface area contributed by atoms with Crippen LogP contribution in [0.4, 0.5) is 0 Å². The molecule has 0 N–H and O–H groups in total. The third-order valence-electron chi connectivity index (χ3n) is 4.98. The fourth-order valence-corrected chi connectivity index (χ4v) is 3.19. The van der Waals surface area contributed by atoms with Gasteiger partial charge in [0, 0.05) is 23.7 Å². The quantitative estimate of drug-likeness (QED) is 0.461. The molecule has 2 aromatic heterocycles. The first-order chi connectivity index (χ1) is 12.7. The summed E-state index contributed by atoms with van der Waals surface area (Å²) in [5.41, 5.74) is 7.35. The van der Waals surface area contributed by atoms with Crippen LogP contribution in [-0.2, 0) is 12.8 Å². The summed E-state index contributed by atoms with van der Waals surface area (Å²) in [7, 11) is 0. The van der Waals surface area contributed by atoms with E-state index in [0.717, 1.165) is 12.1 Å². The van der Waals surface area contributed by atoms with Crippen LogP contribution in [-0.4, -0.2) is 9.97 Å². The molecule has 2 nitrogen and oxygen atoms in total. The molecule has 3 rings (SSSR count). The molecule has 0 radical (unpaired) electrons. The summed E-state index contributed by atoms with van der Waals surface area (Å²) < 4.78 is 0. The molecule has 1 aromatic carbocycles. The minimum absolute atomic E-state index is 1.04. The van der Waals surface area contributed by atoms with Gasteiger partial charge in [0.25, 0.3) is 0 Å². The average molecular weight is 345 g/mol. The number of pyridine rings is 2. The van der Waals surface area contributed by atoms with Crippen molar-refractivity contribution >= 4 is 0 Å². The Morgan fingerprint density at radius 3 is 2.27 bits per heavy atom. The van der Waals surface area contributed by atoms with Gasteiger partial charge >= 0.3 is 0 Å². The topological polar surface area (TPSA) is 25.8 Å². The van der Waals surface area contributed by atoms with E-state index >= 15 is 0 Å². The minimum Gasteiger partial charge on any atom is -0.261 e. The molecular weight excluding hydrogens is 316 g/mol. The second kappa shape index (κ2) is 9.28. The van der Waals surface area contributed by atoms with Gasteiger partial charge in [0.15, 0.2) is 0 Å². The van der Waals surface area contributed by atoms with Crippen LogP contribution in [0.5, 0.6) is 0 Å². The largest absolute Gasteiger partial charge is 0.261 e. The molecule has 0 saturated carbocycles. The van der Waals surface area contributed by atoms with Crippen LogP contribution < -0.4 is 0 Å². The Balaban J connectivity index is 1.46. The summed E-state index contributed by atoms with van der Waals surface area (Å²) in [5, 5.41) is 0. The minimum atomic E-state index is 1.04. The Hall–Kier alpha value is -2.48. The summed E-state index contributed by atoms with van der Waals surface area (Å²) >= 11 is 0. The van der Waals surface area contributed by atoms with Gasteiger partial charge in [-0.1, -0.05) is 43.2 Å². The maximum Gasteiger partial charge on any atom is 0.0706 e. The third kappa shape index (κ3) is 5.26. The normalized spacial score (nSPS) is 10.8. The predicted octanol–water partition coefficient (Wildman–Crippen LogP) is 6.11. The molecule has 0 bridgehead atoms. The van der Waals surface area contributed by atoms with Crippen LogP contribution in [0.25, 0.3) is 11.3 Å². The van der Waals surface area contributed by atoms with E-state index in [-0.39, 0.29) is 0 Å². The van der Waals surface area contributed by atoms with Gasteiger partial charge in [0.05, 0.1) is 5.69 Å². The molecule has 2 heterocycles. The number of benzene rings is 1. The molecule has 0 aliphatic heterocycles. The summed E-state index contributed by atoms with van der Waals surface area (Å²) in [6, 6.07) is 17.2. The van der Waals surface area contributed by atoms with Crippen molar-refractivity contribution in [2.24, 2.45) is 0 Å². The van der Waals surface area contributed by atoms with E-state index in [1.54, 1.807) is 0 Å². The molecule has 2 heteroatoms. The SMILES string of the molecule is Cc1cnc(-c2ccnc(CCCCCCc3ccccc3)c2)cc1C. The zero-order chi connectivity index (χ0) is 18.2. The molecule has 0 unspecified atom stereocenters. The summed E-state index contributed by atoms with van der Waals surface area (Å²) in [5.74, 6) is 0. The molecule has 0 saturated heterocycles. The van der Waals surface area contributed by atoms with Crippen LogP contribution in [0.2, 0.25) is 0 Å². The van der Waals surface area contributed by atoms with Gasteiger partial charge in [-0.3, -0.25) is 9.97 Å². The summed E-state index contributed by atoms with van der Waals surface area (Å²) in [6.07, 6.45) is 11.1. The molecule has 3 aromatic rings. The highest BCUT2D eigenvalue weighted by Gasteiger charge is 2.04. The van der Waals surface area contributed by atoms with Gasteiger partial charge < -0.3 is 0 Å². The number of nitrogens with zero attached hydrogens (tertiary/aromatic N) is 2. The summed E-state index contributed by atoms with van der Waals surface area (Å²) in [4.78, 5) is 9.11. The zero-order valence-corrected chi connectivity index (χ0v) is 15.9. The molecular formula is C24H28N2. The molecule has 0 aliphatic rings. The van der Waals surface area contributed by atoms with E-state index in [2.05, 4.69) is 72.3 Å². The molecule has 0 amide bonds. The highest BCUT2D eigenvalue weighted by atomic mass is 14.7. The second-order valence-electron chi connectivity index (χ2n) is 7.09. The van der Waals surface area contributed by atoms with Gasteiger partial charge in [-0.05, 0) is 74.4 Å². The highest BCUT2D eigenvalue weighted by molar-refractivity contribution is 5.60. The molecule has 0 fully saturated rings. The third-order valence-corrected chi connectivity index (χ3v) is 4.98. The Morgan fingerprint density at radius 2 is 1.50 bits per heavy atom. The number of rotatable bonds is 8. The number of aryl methyl sites for hydroxylation is 4. The van der Waals surface area contributed by atoms with Crippen molar-refractivity contribution < 1.29 is 0 Å². The van der Waals surface area contributed by atoms with Crippen molar-refractivity contribution in [2.45, 2.75) is 52.4 Å². The lowest BCUT2D eigenvalue weighted by Crippen LogP contribution is -1.94. The summed E-state index contributed by atoms with van der Waals surface area (Å²) in [6.45, 7) is 4.24. The number of hydrogen-bond donors (Lipinski definition) is 0. The second-order valence-corrected chi connectivity index (χ2v) is 7.09. The first kappa shape index (κ1) is 18.3. The lowest BCUT2D eigenvalue weighted by Gasteiger charge is -2.07. The molecule has 0 atom stereocenters. The maximum atomic E-state index is 4.57. The number of unbranched alkanes of at least 4 members (excludes halogenated alkanes) is 3. The van der Waals surface area contributed by atoms with Crippen LogP contribution in [0, 0.1) is 13.8 Å². The van der Waals surface area contributed by atoms with Gasteiger partial charge in [0.2, 0.25) is 0 Å². The van der Waals surface area contributed by atoms with Crippen LogP contribution in [0.3, 0.4) is 0 Å². The van der Waals surface area contributed by atoms with Crippen molar-refractivity contribution in [2.75, 3.05) is 0 Å². The average Bonchev–Trinajstić information content (AvgIpc) is 2.68. The van der Waals surface area contributed by atoms with Crippen molar-refractivity contribution in [3.8, 4) is 11.3 Å². The lowest BCUT2D eigenvalue weighted by atomic mass is 10.0. The molecule has 26 heavy (non-hydrogen) atoms. The van der Waals surface area contributed by atoms with Crippen LogP contribution in [0.1, 0.15) is 48.1 Å². The number of hydrogen-bond acceptors (Lipinski definition) is 2. The Morgan fingerprint density at radius 1 is 0.731 bits per heavy atom. The first-order valence-electron chi connectivity index (χ1n) is 9.65. The van der Waals surface area contributed by atoms with E-state index in [4.69, 9.17) is 0 Å². The number of aromatic nitrogens is 2. The van der Waals surface area contributed by atoms with Crippen molar-refractivity contribution in [3.63, 3.8) is 0 Å². The monoisotopic (exact) mass is 344 g/mol. The molecule has 0 spiro atoms. The van der Waals surface area contributed by atoms with Crippen LogP contribution >= 0.6 is 0 Å². The van der Waals surface area contributed by atoms with E-state index in [9.17, 15) is 0 Å². The Labute approximate surface area is 157 Å². The molecule has 134 valence electrons. The predicted molar refractivity (Wildman–Crippen MR) is 109 cm³/mol. The van der Waals surface area contributed by atoms with E-state index in [1.165, 1.54) is 60.1 Å². The van der Waals surface area contributed by atoms with Crippen molar-refractivity contribution in [3.05, 3.63) is 83.3 Å². The first-order valence-corrected chi connectivity index (χ1v) is 9.65.